The summed E-state index contributed by atoms with van der Waals surface area (Å²) in [5, 5.41) is 9.43. The Morgan fingerprint density at radius 1 is 1.40 bits per heavy atom. The van der Waals surface area contributed by atoms with E-state index in [4.69, 9.17) is 22.4 Å². The maximum atomic E-state index is 10.7. The molecule has 0 spiro atoms. The maximum absolute atomic E-state index is 10.7. The molecule has 0 saturated heterocycles. The van der Waals surface area contributed by atoms with Crippen molar-refractivity contribution in [3.05, 3.63) is 34.9 Å². The minimum Gasteiger partial charge on any atom is -0.481 e. The Labute approximate surface area is 99.6 Å². The Morgan fingerprint density at radius 2 is 1.93 bits per heavy atom. The van der Waals surface area contributed by atoms with Crippen molar-refractivity contribution in [1.29, 1.82) is 0 Å². The molecule has 0 fully saturated rings. The zero-order chi connectivity index (χ0) is 10.6. The highest BCUT2D eigenvalue weighted by molar-refractivity contribution is 6.30. The van der Waals surface area contributed by atoms with E-state index in [1.807, 2.05) is 12.1 Å². The number of carboxylic acids is 1. The van der Waals surface area contributed by atoms with Gasteiger partial charge in [0.25, 0.3) is 0 Å². The van der Waals surface area contributed by atoms with Crippen LogP contribution in [0.1, 0.15) is 5.56 Å². The van der Waals surface area contributed by atoms with Gasteiger partial charge in [0.05, 0.1) is 5.92 Å². The fraction of sp³-hybridized carbons (Fsp3) is 0.300. The van der Waals surface area contributed by atoms with Crippen LogP contribution in [0.15, 0.2) is 24.3 Å². The van der Waals surface area contributed by atoms with Gasteiger partial charge in [0.15, 0.2) is 0 Å². The number of nitrogens with two attached hydrogens (primary N) is 1. The summed E-state index contributed by atoms with van der Waals surface area (Å²) in [6, 6.07) is 7.11. The summed E-state index contributed by atoms with van der Waals surface area (Å²) in [7, 11) is 0. The van der Waals surface area contributed by atoms with Crippen LogP contribution in [0.5, 0.6) is 0 Å². The van der Waals surface area contributed by atoms with Crippen molar-refractivity contribution in [3.8, 4) is 0 Å². The standard InChI is InChI=1S/C10H12ClNO2.ClH/c11-9-3-1-7(2-4-9)5-8(6-12)10(13)14;/h1-4,8H,5-6,12H2,(H,13,14);1H/t8-;/m1./s1. The molecule has 0 aliphatic rings. The summed E-state index contributed by atoms with van der Waals surface area (Å²) in [6.07, 6.45) is 0.447. The first kappa shape index (κ1) is 14.2. The fourth-order valence-corrected chi connectivity index (χ4v) is 1.30. The second-order valence-electron chi connectivity index (χ2n) is 3.10. The number of hydrogen-bond donors (Lipinski definition) is 2. The van der Waals surface area contributed by atoms with Gasteiger partial charge >= 0.3 is 5.97 Å². The van der Waals surface area contributed by atoms with Crippen LogP contribution in [-0.4, -0.2) is 17.6 Å². The minimum atomic E-state index is -0.859. The maximum Gasteiger partial charge on any atom is 0.308 e. The van der Waals surface area contributed by atoms with Crippen molar-refractivity contribution in [1.82, 2.24) is 0 Å². The molecular weight excluding hydrogens is 237 g/mol. The zero-order valence-corrected chi connectivity index (χ0v) is 9.59. The van der Waals surface area contributed by atoms with E-state index in [1.165, 1.54) is 0 Å². The normalized spacial score (nSPS) is 11.6. The molecule has 1 atom stereocenters. The molecule has 0 aliphatic heterocycles. The van der Waals surface area contributed by atoms with Gasteiger partial charge in [-0.2, -0.15) is 0 Å². The van der Waals surface area contributed by atoms with Crippen molar-refractivity contribution in [3.63, 3.8) is 0 Å². The molecule has 0 saturated carbocycles. The molecule has 84 valence electrons. The SMILES string of the molecule is Cl.NC[C@@H](Cc1ccc(Cl)cc1)C(=O)O. The lowest BCUT2D eigenvalue weighted by molar-refractivity contribution is -0.141. The van der Waals surface area contributed by atoms with Crippen LogP contribution >= 0.6 is 24.0 Å². The fourth-order valence-electron chi connectivity index (χ4n) is 1.18. The number of rotatable bonds is 4. The minimum absolute atomic E-state index is 0. The quantitative estimate of drug-likeness (QED) is 0.858. The smallest absolute Gasteiger partial charge is 0.308 e. The molecule has 0 radical (unpaired) electrons. The molecule has 0 amide bonds. The van der Waals surface area contributed by atoms with Crippen LogP contribution in [0.3, 0.4) is 0 Å². The zero-order valence-electron chi connectivity index (χ0n) is 8.02. The largest absolute Gasteiger partial charge is 0.481 e. The third-order valence-electron chi connectivity index (χ3n) is 2.03. The highest BCUT2D eigenvalue weighted by Gasteiger charge is 2.15. The summed E-state index contributed by atoms with van der Waals surface area (Å²) in [6.45, 7) is 0.151. The van der Waals surface area contributed by atoms with Crippen molar-refractivity contribution in [2.45, 2.75) is 6.42 Å². The Balaban J connectivity index is 0.00000196. The number of halogens is 2. The van der Waals surface area contributed by atoms with Gasteiger partial charge in [-0.15, -0.1) is 12.4 Å². The van der Waals surface area contributed by atoms with E-state index in [1.54, 1.807) is 12.1 Å². The van der Waals surface area contributed by atoms with Crippen LogP contribution in [0, 0.1) is 5.92 Å². The molecule has 0 aromatic heterocycles. The average Bonchev–Trinajstić information content (AvgIpc) is 2.16. The van der Waals surface area contributed by atoms with E-state index >= 15 is 0 Å². The molecule has 3 N–H and O–H groups in total. The third-order valence-corrected chi connectivity index (χ3v) is 2.28. The predicted octanol–water partition coefficient (Wildman–Crippen LogP) is 1.96. The molecule has 0 bridgehead atoms. The summed E-state index contributed by atoms with van der Waals surface area (Å²) >= 11 is 5.70. The van der Waals surface area contributed by atoms with Gasteiger partial charge in [-0.05, 0) is 24.1 Å². The molecule has 15 heavy (non-hydrogen) atoms. The molecule has 1 rings (SSSR count). The van der Waals surface area contributed by atoms with Crippen LogP contribution < -0.4 is 5.73 Å². The van der Waals surface area contributed by atoms with Gasteiger partial charge in [-0.3, -0.25) is 4.79 Å². The van der Waals surface area contributed by atoms with Gasteiger partial charge in [0.1, 0.15) is 0 Å². The summed E-state index contributed by atoms with van der Waals surface area (Å²) < 4.78 is 0. The van der Waals surface area contributed by atoms with Gasteiger partial charge in [0, 0.05) is 11.6 Å². The van der Waals surface area contributed by atoms with E-state index in [9.17, 15) is 4.79 Å². The molecule has 3 nitrogen and oxygen atoms in total. The number of carbonyl (C=O) groups is 1. The summed E-state index contributed by atoms with van der Waals surface area (Å²) in [4.78, 5) is 10.7. The van der Waals surface area contributed by atoms with Gasteiger partial charge < -0.3 is 10.8 Å². The molecule has 0 unspecified atom stereocenters. The number of carboxylic acid groups (broad SMARTS) is 1. The third kappa shape index (κ3) is 4.51. The van der Waals surface area contributed by atoms with Crippen molar-refractivity contribution in [2.75, 3.05) is 6.54 Å². The first-order valence-corrected chi connectivity index (χ1v) is 4.68. The monoisotopic (exact) mass is 249 g/mol. The highest BCUT2D eigenvalue weighted by atomic mass is 35.5. The Morgan fingerprint density at radius 3 is 2.33 bits per heavy atom. The van der Waals surface area contributed by atoms with E-state index in [0.717, 1.165) is 5.56 Å². The Hall–Kier alpha value is -0.770. The molecule has 0 aliphatic carbocycles. The molecule has 1 aromatic rings. The Kier molecular flexibility index (Phi) is 6.32. The van der Waals surface area contributed by atoms with E-state index in [-0.39, 0.29) is 19.0 Å². The van der Waals surface area contributed by atoms with Crippen molar-refractivity contribution < 1.29 is 9.90 Å². The number of hydrogen-bond acceptors (Lipinski definition) is 2. The topological polar surface area (TPSA) is 63.3 Å². The van der Waals surface area contributed by atoms with Crippen LogP contribution in [0.4, 0.5) is 0 Å². The lowest BCUT2D eigenvalue weighted by atomic mass is 10.00. The molecular formula is C10H13Cl2NO2. The van der Waals surface area contributed by atoms with E-state index in [0.29, 0.717) is 11.4 Å². The predicted molar refractivity (Wildman–Crippen MR) is 62.6 cm³/mol. The van der Waals surface area contributed by atoms with Crippen molar-refractivity contribution in [2.24, 2.45) is 11.7 Å². The van der Waals surface area contributed by atoms with Crippen molar-refractivity contribution >= 4 is 30.0 Å². The van der Waals surface area contributed by atoms with Gasteiger partial charge in [0.2, 0.25) is 0 Å². The van der Waals surface area contributed by atoms with Crippen LogP contribution in [0.25, 0.3) is 0 Å². The lowest BCUT2D eigenvalue weighted by Gasteiger charge is -2.09. The van der Waals surface area contributed by atoms with Crippen LogP contribution in [0.2, 0.25) is 5.02 Å². The first-order chi connectivity index (χ1) is 6.63. The van der Waals surface area contributed by atoms with Gasteiger partial charge in [-0.1, -0.05) is 23.7 Å². The molecule has 0 heterocycles. The molecule has 1 aromatic carbocycles. The summed E-state index contributed by atoms with van der Waals surface area (Å²) in [5.41, 5.74) is 6.28. The average molecular weight is 250 g/mol. The molecule has 5 heteroatoms. The second-order valence-corrected chi connectivity index (χ2v) is 3.54. The van der Waals surface area contributed by atoms with Crippen LogP contribution in [-0.2, 0) is 11.2 Å². The van der Waals surface area contributed by atoms with E-state index in [2.05, 4.69) is 0 Å². The second kappa shape index (κ2) is 6.67. The lowest BCUT2D eigenvalue weighted by Crippen LogP contribution is -2.25. The van der Waals surface area contributed by atoms with Gasteiger partial charge in [-0.25, -0.2) is 0 Å². The number of benzene rings is 1. The first-order valence-electron chi connectivity index (χ1n) is 4.31. The van der Waals surface area contributed by atoms with E-state index < -0.39 is 11.9 Å². The number of aliphatic carboxylic acids is 1. The highest BCUT2D eigenvalue weighted by Crippen LogP contribution is 2.13. The Bertz CT molecular complexity index is 314. The summed E-state index contributed by atoms with van der Waals surface area (Å²) in [5.74, 6) is -1.38.